The van der Waals surface area contributed by atoms with Crippen molar-refractivity contribution in [1.82, 2.24) is 24.5 Å². The normalized spacial score (nSPS) is 21.1. The van der Waals surface area contributed by atoms with Crippen LogP contribution in [0.4, 0.5) is 5.82 Å². The molecule has 4 atom stereocenters. The molecule has 11 nitrogen and oxygen atoms in total. The number of anilines is 1. The summed E-state index contributed by atoms with van der Waals surface area (Å²) in [5, 5.41) is 4.86. The van der Waals surface area contributed by atoms with E-state index >= 15 is 0 Å². The maximum atomic E-state index is 10.4. The molecule has 2 aliphatic rings. The number of hydrogen-bond donors (Lipinski definition) is 3. The van der Waals surface area contributed by atoms with E-state index in [1.165, 1.54) is 31.7 Å². The van der Waals surface area contributed by atoms with Crippen LogP contribution in [0.3, 0.4) is 0 Å². The van der Waals surface area contributed by atoms with Crippen LogP contribution in [0, 0.1) is 5.92 Å². The second kappa shape index (κ2) is 16.6. The van der Waals surface area contributed by atoms with E-state index in [1.54, 1.807) is 18.5 Å². The maximum Gasteiger partial charge on any atom is 0.318 e. The van der Waals surface area contributed by atoms with E-state index in [2.05, 4.69) is 36.8 Å². The molecule has 42 heavy (non-hydrogen) atoms. The highest BCUT2D eigenvalue weighted by atomic mass is 35.5. The van der Waals surface area contributed by atoms with Crippen LogP contribution in [0.5, 0.6) is 5.75 Å². The predicted octanol–water partition coefficient (Wildman–Crippen LogP) is 6.63. The smallest absolute Gasteiger partial charge is 0.318 e. The minimum Gasteiger partial charge on any atom is -0.463 e. The first kappa shape index (κ1) is 32.7. The first-order chi connectivity index (χ1) is 20.4. The summed E-state index contributed by atoms with van der Waals surface area (Å²) in [6.07, 6.45) is 11.0. The fourth-order valence-corrected chi connectivity index (χ4v) is 6.36. The van der Waals surface area contributed by atoms with E-state index in [4.69, 9.17) is 30.1 Å². The van der Waals surface area contributed by atoms with Crippen molar-refractivity contribution in [2.75, 3.05) is 24.8 Å². The molecular formula is C28H40ClN6O5PS. The van der Waals surface area contributed by atoms with Crippen molar-refractivity contribution >= 4 is 54.9 Å². The number of esters is 1. The molecule has 0 spiro atoms. The summed E-state index contributed by atoms with van der Waals surface area (Å²) in [6, 6.07) is 9.26. The number of ether oxygens (including phenoxy) is 2. The van der Waals surface area contributed by atoms with Gasteiger partial charge in [-0.1, -0.05) is 37.4 Å². The van der Waals surface area contributed by atoms with Gasteiger partial charge < -0.3 is 23.1 Å². The van der Waals surface area contributed by atoms with Crippen LogP contribution in [0.1, 0.15) is 59.1 Å². The van der Waals surface area contributed by atoms with Crippen molar-refractivity contribution in [3.8, 4) is 5.75 Å². The Balaban J connectivity index is 0.000000385. The zero-order valence-electron chi connectivity index (χ0n) is 24.4. The highest BCUT2D eigenvalue weighted by Crippen LogP contribution is 2.40. The number of aromatic nitrogens is 3. The Labute approximate surface area is 257 Å². The zero-order chi connectivity index (χ0) is 29.9. The van der Waals surface area contributed by atoms with Gasteiger partial charge in [0.15, 0.2) is 5.82 Å². The zero-order valence-corrected chi connectivity index (χ0v) is 26.9. The minimum absolute atomic E-state index is 0.0440. The van der Waals surface area contributed by atoms with E-state index in [0.29, 0.717) is 23.3 Å². The second-order valence-corrected chi connectivity index (χ2v) is 12.4. The molecule has 1 saturated carbocycles. The fourth-order valence-electron chi connectivity index (χ4n) is 4.96. The molecule has 3 heterocycles. The summed E-state index contributed by atoms with van der Waals surface area (Å²) in [5.41, 5.74) is 3.92. The van der Waals surface area contributed by atoms with Gasteiger partial charge in [0.1, 0.15) is 30.1 Å². The molecule has 14 heteroatoms. The molecule has 2 fully saturated rings. The molecule has 1 aromatic carbocycles. The van der Waals surface area contributed by atoms with Gasteiger partial charge in [-0.3, -0.25) is 10.2 Å². The molecule has 2 aromatic heterocycles. The topological polar surface area (TPSA) is 121 Å². The minimum atomic E-state index is -1.29. The average molecular weight is 639 g/mol. The second-order valence-electron chi connectivity index (χ2n) is 10.1. The first-order valence-electron chi connectivity index (χ1n) is 14.2. The van der Waals surface area contributed by atoms with Crippen molar-refractivity contribution in [3.63, 3.8) is 0 Å². The lowest BCUT2D eigenvalue weighted by Crippen LogP contribution is -2.19. The van der Waals surface area contributed by atoms with Crippen LogP contribution < -0.4 is 19.9 Å². The molecule has 1 saturated heterocycles. The number of hydrazine groups is 1. The lowest BCUT2D eigenvalue weighted by Gasteiger charge is -2.21. The molecular weight excluding hydrogens is 599 g/mol. The van der Waals surface area contributed by atoms with Gasteiger partial charge in [0.2, 0.25) is 0 Å². The standard InChI is InChI=1S/C21H28ClN6O3PS.C7H12O2/c1-4-25-32(31-16-7-5-15(22)6-8-16)29-12-17-11-14(2)21(30-17)28-10-9-18-19(26-27-33-3)23-13-24-20(18)28;1-6(8)9-7-4-2-3-5-7/h5-10,13-14,17,21,25,27H,4,11-12H2,1-3H3,(H,23,24,26);7H,2-5H2,1H3. The highest BCUT2D eigenvalue weighted by molar-refractivity contribution is 7.96. The summed E-state index contributed by atoms with van der Waals surface area (Å²) in [4.78, 5) is 22.2. The number of hydrogen-bond acceptors (Lipinski definition) is 11. The van der Waals surface area contributed by atoms with Crippen LogP contribution >= 0.6 is 32.1 Å². The van der Waals surface area contributed by atoms with E-state index in [0.717, 1.165) is 42.7 Å². The Morgan fingerprint density at radius 2 is 1.98 bits per heavy atom. The van der Waals surface area contributed by atoms with Gasteiger partial charge in [0.25, 0.3) is 0 Å². The van der Waals surface area contributed by atoms with E-state index < -0.39 is 8.53 Å². The monoisotopic (exact) mass is 638 g/mol. The summed E-state index contributed by atoms with van der Waals surface area (Å²) < 4.78 is 25.5. The van der Waals surface area contributed by atoms with Crippen molar-refractivity contribution in [1.29, 1.82) is 0 Å². The number of fused-ring (bicyclic) bond motifs is 1. The number of nitrogens with zero attached hydrogens (tertiary/aromatic N) is 3. The predicted molar refractivity (Wildman–Crippen MR) is 168 cm³/mol. The maximum absolute atomic E-state index is 10.4. The number of carbonyl (C=O) groups is 1. The molecule has 3 N–H and O–H groups in total. The van der Waals surface area contributed by atoms with Gasteiger partial charge in [-0.25, -0.2) is 15.1 Å². The van der Waals surface area contributed by atoms with Crippen molar-refractivity contribution in [2.45, 2.75) is 71.3 Å². The van der Waals surface area contributed by atoms with E-state index in [9.17, 15) is 4.79 Å². The lowest BCUT2D eigenvalue weighted by molar-refractivity contribution is -0.145. The summed E-state index contributed by atoms with van der Waals surface area (Å²) >= 11 is 7.43. The molecule has 5 rings (SSSR count). The molecule has 230 valence electrons. The Hall–Kier alpha value is -2.18. The molecule has 3 aromatic rings. The Morgan fingerprint density at radius 1 is 1.21 bits per heavy atom. The molecule has 0 amide bonds. The lowest BCUT2D eigenvalue weighted by atomic mass is 10.1. The van der Waals surface area contributed by atoms with E-state index in [-0.39, 0.29) is 24.4 Å². The fraction of sp³-hybridized carbons (Fsp3) is 0.536. The molecule has 1 aliphatic carbocycles. The summed E-state index contributed by atoms with van der Waals surface area (Å²) in [5.74, 6) is 1.60. The van der Waals surface area contributed by atoms with Gasteiger partial charge in [0, 0.05) is 30.6 Å². The highest BCUT2D eigenvalue weighted by Gasteiger charge is 2.35. The van der Waals surface area contributed by atoms with Crippen LogP contribution in [0.25, 0.3) is 11.0 Å². The van der Waals surface area contributed by atoms with Gasteiger partial charge in [0.05, 0.1) is 18.1 Å². The largest absolute Gasteiger partial charge is 0.463 e. The van der Waals surface area contributed by atoms with Crippen LogP contribution in [0.2, 0.25) is 5.02 Å². The number of benzene rings is 1. The van der Waals surface area contributed by atoms with Gasteiger partial charge in [-0.05, 0) is 68.7 Å². The van der Waals surface area contributed by atoms with Crippen LogP contribution in [-0.4, -0.2) is 52.1 Å². The number of rotatable bonds is 12. The van der Waals surface area contributed by atoms with Gasteiger partial charge in [-0.2, -0.15) is 4.83 Å². The van der Waals surface area contributed by atoms with Crippen LogP contribution in [-0.2, 0) is 18.8 Å². The Morgan fingerprint density at radius 3 is 2.67 bits per heavy atom. The summed E-state index contributed by atoms with van der Waals surface area (Å²) in [7, 11) is -1.29. The number of nitrogens with one attached hydrogen (secondary N) is 3. The third kappa shape index (κ3) is 9.41. The van der Waals surface area contributed by atoms with Crippen LogP contribution in [0.15, 0.2) is 42.9 Å². The third-order valence-electron chi connectivity index (χ3n) is 6.81. The van der Waals surface area contributed by atoms with Crippen molar-refractivity contribution < 1.29 is 23.3 Å². The SMILES string of the molecule is CC(=O)OC1CCCC1.CCNP(OCC1CC(C)C(n2ccc3c(NNSC)ncnc32)O1)Oc1ccc(Cl)cc1. The Kier molecular flexibility index (Phi) is 12.9. The first-order valence-corrected chi connectivity index (χ1v) is 16.9. The van der Waals surface area contributed by atoms with Gasteiger partial charge >= 0.3 is 14.5 Å². The number of carbonyl (C=O) groups excluding carboxylic acids is 1. The Bertz CT molecular complexity index is 1270. The third-order valence-corrected chi connectivity index (χ3v) is 8.70. The van der Waals surface area contributed by atoms with Gasteiger partial charge in [-0.15, -0.1) is 0 Å². The molecule has 0 bridgehead atoms. The quantitative estimate of drug-likeness (QED) is 0.0858. The van der Waals surface area contributed by atoms with E-state index in [1.807, 2.05) is 37.6 Å². The molecule has 1 aliphatic heterocycles. The number of halogens is 1. The average Bonchev–Trinajstić information content (AvgIpc) is 3.72. The molecule has 4 unspecified atom stereocenters. The van der Waals surface area contributed by atoms with Crippen molar-refractivity contribution in [2.24, 2.45) is 5.92 Å². The van der Waals surface area contributed by atoms with Crippen molar-refractivity contribution in [3.05, 3.63) is 47.9 Å². The summed E-state index contributed by atoms with van der Waals surface area (Å²) in [6.45, 7) is 6.85. The molecule has 0 radical (unpaired) electrons.